The molecule has 4 nitrogen and oxygen atoms in total. The minimum atomic E-state index is -0.337. The van der Waals surface area contributed by atoms with Crippen LogP contribution in [0.2, 0.25) is 0 Å². The van der Waals surface area contributed by atoms with E-state index in [1.807, 2.05) is 72.7 Å². The standard InChI is InChI=1S/C27H16F2NO.C15H28O2.CH3.Ir/c1-14-9-22-21-13-24(29)15(2)11-25(21)31-27(22)23(10-14)26-20-5-3-16-12-17(28)4-6-18(16)19(20)7-8-30-26;1-7-14(5,8-2)12(16)11-13(17)15(6,9-3)10-4;;/h3-9,11-13H,1-2H3;11,16H,7-10H2,1-6H3;1H3;/q-1;;-1;/b;12-11-;;. The fourth-order valence-electron chi connectivity index (χ4n) is 6.09. The van der Waals surface area contributed by atoms with Crippen molar-refractivity contribution in [3.8, 4) is 11.3 Å². The van der Waals surface area contributed by atoms with Gasteiger partial charge in [-0.2, -0.15) is 0 Å². The summed E-state index contributed by atoms with van der Waals surface area (Å²) in [5, 5.41) is 15.4. The van der Waals surface area contributed by atoms with Crippen LogP contribution in [0.4, 0.5) is 8.78 Å². The van der Waals surface area contributed by atoms with Crippen molar-refractivity contribution < 1.29 is 43.2 Å². The van der Waals surface area contributed by atoms with Gasteiger partial charge in [0, 0.05) is 48.6 Å². The van der Waals surface area contributed by atoms with E-state index in [4.69, 9.17) is 4.42 Å². The Hall–Kier alpha value is -3.93. The molecule has 2 aromatic heterocycles. The number of ketones is 1. The predicted octanol–water partition coefficient (Wildman–Crippen LogP) is 12.7. The number of fused-ring (bicyclic) bond motifs is 6. The molecule has 0 amide bonds. The molecule has 0 fully saturated rings. The Bertz CT molecular complexity index is 2190. The van der Waals surface area contributed by atoms with Gasteiger partial charge in [-0.05, 0) is 95.7 Å². The number of carbonyl (C=O) groups is 1. The summed E-state index contributed by atoms with van der Waals surface area (Å²) >= 11 is 0. The van der Waals surface area contributed by atoms with E-state index >= 15 is 0 Å². The largest absolute Gasteiger partial charge is 0.512 e. The number of benzene rings is 4. The van der Waals surface area contributed by atoms with Crippen LogP contribution in [0.15, 0.2) is 77.0 Å². The van der Waals surface area contributed by atoms with Crippen LogP contribution < -0.4 is 0 Å². The maximum Gasteiger partial charge on any atom is 0.164 e. The van der Waals surface area contributed by atoms with Crippen molar-refractivity contribution in [3.05, 3.63) is 109 Å². The van der Waals surface area contributed by atoms with Crippen molar-refractivity contribution in [1.29, 1.82) is 0 Å². The van der Waals surface area contributed by atoms with Crippen LogP contribution in [0.1, 0.15) is 78.4 Å². The second-order valence-corrected chi connectivity index (χ2v) is 13.4. The second-order valence-electron chi connectivity index (χ2n) is 13.4. The number of halogens is 2. The molecule has 50 heavy (non-hydrogen) atoms. The zero-order valence-electron chi connectivity index (χ0n) is 30.5. The average molecular weight is 856 g/mol. The molecule has 0 saturated carbocycles. The molecule has 1 N–H and O–H groups in total. The van der Waals surface area contributed by atoms with Crippen molar-refractivity contribution in [2.24, 2.45) is 10.8 Å². The molecule has 6 rings (SSSR count). The third-order valence-corrected chi connectivity index (χ3v) is 10.5. The fourth-order valence-corrected chi connectivity index (χ4v) is 6.09. The number of aliphatic hydroxyl groups is 1. The zero-order valence-corrected chi connectivity index (χ0v) is 32.9. The van der Waals surface area contributed by atoms with Gasteiger partial charge in [0.1, 0.15) is 23.0 Å². The minimum Gasteiger partial charge on any atom is -0.512 e. The molecule has 6 aromatic rings. The van der Waals surface area contributed by atoms with Crippen molar-refractivity contribution >= 4 is 49.3 Å². The van der Waals surface area contributed by atoms with E-state index in [9.17, 15) is 18.7 Å². The Labute approximate surface area is 308 Å². The number of hydrogen-bond donors (Lipinski definition) is 1. The molecule has 0 bridgehead atoms. The molecular formula is C43H47F2IrNO3-2. The van der Waals surface area contributed by atoms with E-state index in [1.54, 1.807) is 25.3 Å². The van der Waals surface area contributed by atoms with E-state index in [0.29, 0.717) is 16.7 Å². The molecule has 0 saturated heterocycles. The van der Waals surface area contributed by atoms with Gasteiger partial charge in [0.15, 0.2) is 5.78 Å². The summed E-state index contributed by atoms with van der Waals surface area (Å²) in [6.45, 7) is 15.8. The smallest absolute Gasteiger partial charge is 0.164 e. The van der Waals surface area contributed by atoms with E-state index in [2.05, 4.69) is 11.1 Å². The average Bonchev–Trinajstić information content (AvgIpc) is 3.43. The second kappa shape index (κ2) is 16.0. The Morgan fingerprint density at radius 3 is 2.12 bits per heavy atom. The molecule has 0 unspecified atom stereocenters. The number of rotatable bonds is 8. The molecule has 0 aliphatic rings. The van der Waals surface area contributed by atoms with E-state index in [0.717, 1.165) is 74.8 Å². The summed E-state index contributed by atoms with van der Waals surface area (Å²) < 4.78 is 34.2. The molecule has 267 valence electrons. The third kappa shape index (κ3) is 7.55. The first-order chi connectivity index (χ1) is 22.8. The third-order valence-electron chi connectivity index (χ3n) is 10.5. The van der Waals surface area contributed by atoms with Crippen LogP contribution in [0.5, 0.6) is 0 Å². The Morgan fingerprint density at radius 2 is 1.48 bits per heavy atom. The van der Waals surface area contributed by atoms with Gasteiger partial charge < -0.3 is 21.9 Å². The quantitative estimate of drug-likeness (QED) is 0.0717. The molecule has 0 atom stereocenters. The Kier molecular flexibility index (Phi) is 12.9. The van der Waals surface area contributed by atoms with Crippen molar-refractivity contribution in [2.45, 2.75) is 81.1 Å². The van der Waals surface area contributed by atoms with Crippen molar-refractivity contribution in [2.75, 3.05) is 0 Å². The van der Waals surface area contributed by atoms with E-state index < -0.39 is 0 Å². The van der Waals surface area contributed by atoms with Crippen LogP contribution in [0, 0.1) is 49.8 Å². The number of nitrogens with zero attached hydrogens (tertiary/aromatic N) is 1. The van der Waals surface area contributed by atoms with Gasteiger partial charge >= 0.3 is 0 Å². The van der Waals surface area contributed by atoms with E-state index in [-0.39, 0.29) is 61.5 Å². The maximum atomic E-state index is 14.3. The first kappa shape index (κ1) is 40.5. The predicted molar refractivity (Wildman–Crippen MR) is 200 cm³/mol. The molecule has 0 spiro atoms. The van der Waals surface area contributed by atoms with Gasteiger partial charge in [-0.15, -0.1) is 17.7 Å². The molecule has 1 radical (unpaired) electrons. The zero-order chi connectivity index (χ0) is 35.0. The first-order valence-corrected chi connectivity index (χ1v) is 16.8. The molecule has 2 heterocycles. The maximum absolute atomic E-state index is 14.3. The Morgan fingerprint density at radius 1 is 0.840 bits per heavy atom. The summed E-state index contributed by atoms with van der Waals surface area (Å²) in [6.07, 6.45) is 6.50. The number of pyridine rings is 1. The summed E-state index contributed by atoms with van der Waals surface area (Å²) in [5.74, 6) is -0.238. The normalized spacial score (nSPS) is 12.1. The number of furan rings is 1. The van der Waals surface area contributed by atoms with Crippen molar-refractivity contribution in [1.82, 2.24) is 4.98 Å². The van der Waals surface area contributed by atoms with Crippen LogP contribution in [0.25, 0.3) is 54.7 Å². The Balaban J connectivity index is 0.000000309. The number of hydrogen-bond acceptors (Lipinski definition) is 4. The van der Waals surface area contributed by atoms with E-state index in [1.165, 1.54) is 24.3 Å². The van der Waals surface area contributed by atoms with Crippen LogP contribution in [-0.2, 0) is 24.9 Å². The van der Waals surface area contributed by atoms with Crippen molar-refractivity contribution in [3.63, 3.8) is 0 Å². The summed E-state index contributed by atoms with van der Waals surface area (Å²) in [4.78, 5) is 16.8. The molecule has 0 aliphatic carbocycles. The number of carbonyl (C=O) groups excluding carboxylic acids is 1. The molecular weight excluding hydrogens is 809 g/mol. The fraction of sp³-hybridized carbons (Fsp3) is 0.326. The number of aromatic nitrogens is 1. The minimum absolute atomic E-state index is 0. The monoisotopic (exact) mass is 856 g/mol. The summed E-state index contributed by atoms with van der Waals surface area (Å²) in [7, 11) is 0. The number of allylic oxidation sites excluding steroid dienone is 2. The van der Waals surface area contributed by atoms with Gasteiger partial charge in [-0.3, -0.25) is 4.79 Å². The van der Waals surface area contributed by atoms with Gasteiger partial charge in [-0.1, -0.05) is 77.6 Å². The molecule has 4 aromatic carbocycles. The van der Waals surface area contributed by atoms with Gasteiger partial charge in [-0.25, -0.2) is 8.78 Å². The number of aryl methyl sites for hydroxylation is 2. The SMILES string of the molecule is CCC(C)(CC)C(=O)/C=C(\O)C(C)(CC)CC.Cc1[c-]c(-c2nccc3c2ccc2cc(F)ccc23)c2oc3cc(C)c(F)cc3c2c1.[CH3-].[Ir]. The summed E-state index contributed by atoms with van der Waals surface area (Å²) in [5.41, 5.74) is 3.57. The number of aliphatic hydroxyl groups excluding tert-OH is 1. The van der Waals surface area contributed by atoms with Crippen LogP contribution in [-0.4, -0.2) is 15.9 Å². The van der Waals surface area contributed by atoms with Crippen LogP contribution in [0.3, 0.4) is 0 Å². The molecule has 7 heteroatoms. The first-order valence-electron chi connectivity index (χ1n) is 16.8. The topological polar surface area (TPSA) is 63.3 Å². The summed E-state index contributed by atoms with van der Waals surface area (Å²) in [6, 6.07) is 19.2. The van der Waals surface area contributed by atoms with Gasteiger partial charge in [0.25, 0.3) is 0 Å². The van der Waals surface area contributed by atoms with Gasteiger partial charge in [0.05, 0.1) is 5.58 Å². The van der Waals surface area contributed by atoms with Crippen LogP contribution >= 0.6 is 0 Å². The van der Waals surface area contributed by atoms with Gasteiger partial charge in [0.2, 0.25) is 0 Å². The molecule has 0 aliphatic heterocycles.